The molecule has 2 aromatic rings. The number of anilines is 1. The molecule has 1 aromatic carbocycles. The lowest BCUT2D eigenvalue weighted by Crippen LogP contribution is -2.06. The summed E-state index contributed by atoms with van der Waals surface area (Å²) in [6.45, 7) is 8.33. The Balaban J connectivity index is 2.11. The minimum absolute atomic E-state index is 0.299. The molecule has 0 unspecified atom stereocenters. The molecule has 0 fully saturated rings. The highest BCUT2D eigenvalue weighted by Gasteiger charge is 2.13. The Bertz CT molecular complexity index is 616. The van der Waals surface area contributed by atoms with Gasteiger partial charge in [0, 0.05) is 10.6 Å². The molecule has 1 aromatic heterocycles. The molecular weight excluding hydrogens is 270 g/mol. The van der Waals surface area contributed by atoms with Crippen molar-refractivity contribution in [3.63, 3.8) is 0 Å². The van der Waals surface area contributed by atoms with E-state index >= 15 is 0 Å². The van der Waals surface area contributed by atoms with Crippen LogP contribution in [0.1, 0.15) is 36.8 Å². The van der Waals surface area contributed by atoms with Gasteiger partial charge in [-0.15, -0.1) is 11.3 Å². The van der Waals surface area contributed by atoms with E-state index < -0.39 is 0 Å². The maximum Gasteiger partial charge on any atom is 0.348 e. The van der Waals surface area contributed by atoms with Crippen LogP contribution >= 0.6 is 11.3 Å². The van der Waals surface area contributed by atoms with E-state index in [0.717, 1.165) is 21.6 Å². The molecule has 0 amide bonds. The number of rotatable bonds is 3. The first-order chi connectivity index (χ1) is 9.38. The zero-order valence-corrected chi connectivity index (χ0v) is 13.1. The van der Waals surface area contributed by atoms with Crippen LogP contribution in [0.4, 0.5) is 5.69 Å². The highest BCUT2D eigenvalue weighted by atomic mass is 32.1. The van der Waals surface area contributed by atoms with Crippen molar-refractivity contribution in [3.8, 4) is 0 Å². The van der Waals surface area contributed by atoms with Crippen molar-refractivity contribution in [2.75, 3.05) is 5.73 Å². The SMILES string of the molecule is Cc1cc(C)c(COC(=O)c2cc(N)c(C)s2)c(C)c1. The van der Waals surface area contributed by atoms with Crippen molar-refractivity contribution in [2.45, 2.75) is 34.3 Å². The number of carbonyl (C=O) groups is 1. The minimum Gasteiger partial charge on any atom is -0.457 e. The number of nitrogen functional groups attached to an aromatic ring is 1. The predicted octanol–water partition coefficient (Wildman–Crippen LogP) is 3.92. The van der Waals surface area contributed by atoms with Gasteiger partial charge in [-0.25, -0.2) is 4.79 Å². The Kier molecular flexibility index (Phi) is 4.14. The zero-order valence-electron chi connectivity index (χ0n) is 12.2. The van der Waals surface area contributed by atoms with Gasteiger partial charge in [0.25, 0.3) is 0 Å². The molecule has 106 valence electrons. The molecule has 0 atom stereocenters. The van der Waals surface area contributed by atoms with Crippen LogP contribution in [0.3, 0.4) is 0 Å². The number of ether oxygens (including phenoxy) is 1. The second kappa shape index (κ2) is 5.67. The second-order valence-electron chi connectivity index (χ2n) is 5.08. The summed E-state index contributed by atoms with van der Waals surface area (Å²) in [6, 6.07) is 5.88. The fourth-order valence-electron chi connectivity index (χ4n) is 2.24. The molecule has 0 aliphatic heterocycles. The number of aryl methyl sites for hydroxylation is 4. The summed E-state index contributed by atoms with van der Waals surface area (Å²) in [4.78, 5) is 13.5. The molecule has 4 heteroatoms. The normalized spacial score (nSPS) is 10.6. The highest BCUT2D eigenvalue weighted by Crippen LogP contribution is 2.25. The third kappa shape index (κ3) is 3.02. The van der Waals surface area contributed by atoms with Gasteiger partial charge in [0.15, 0.2) is 0 Å². The van der Waals surface area contributed by atoms with Crippen LogP contribution in [-0.2, 0) is 11.3 Å². The van der Waals surface area contributed by atoms with Crippen LogP contribution in [0, 0.1) is 27.7 Å². The Labute approximate surface area is 123 Å². The summed E-state index contributed by atoms with van der Waals surface area (Å²) in [7, 11) is 0. The second-order valence-corrected chi connectivity index (χ2v) is 6.33. The largest absolute Gasteiger partial charge is 0.457 e. The molecule has 2 rings (SSSR count). The third-order valence-corrected chi connectivity index (χ3v) is 4.39. The Hall–Kier alpha value is -1.81. The van der Waals surface area contributed by atoms with Crippen LogP contribution < -0.4 is 5.73 Å². The van der Waals surface area contributed by atoms with Crippen molar-refractivity contribution in [2.24, 2.45) is 0 Å². The number of thiophene rings is 1. The van der Waals surface area contributed by atoms with Crippen molar-refractivity contribution < 1.29 is 9.53 Å². The number of esters is 1. The van der Waals surface area contributed by atoms with Gasteiger partial charge in [-0.3, -0.25) is 0 Å². The van der Waals surface area contributed by atoms with E-state index in [2.05, 4.69) is 19.1 Å². The van der Waals surface area contributed by atoms with Crippen LogP contribution in [0.15, 0.2) is 18.2 Å². The van der Waals surface area contributed by atoms with Gasteiger partial charge in [-0.05, 0) is 50.5 Å². The van der Waals surface area contributed by atoms with E-state index in [9.17, 15) is 4.79 Å². The van der Waals surface area contributed by atoms with Crippen LogP contribution in [0.2, 0.25) is 0 Å². The summed E-state index contributed by atoms with van der Waals surface area (Å²) in [5, 5.41) is 0. The molecule has 1 heterocycles. The quantitative estimate of drug-likeness (QED) is 0.871. The van der Waals surface area contributed by atoms with Gasteiger partial charge in [0.05, 0.1) is 0 Å². The van der Waals surface area contributed by atoms with Gasteiger partial charge in [0.1, 0.15) is 11.5 Å². The number of hydrogen-bond acceptors (Lipinski definition) is 4. The van der Waals surface area contributed by atoms with E-state index in [1.807, 2.05) is 20.8 Å². The van der Waals surface area contributed by atoms with E-state index in [0.29, 0.717) is 17.2 Å². The molecule has 0 saturated heterocycles. The van der Waals surface area contributed by atoms with E-state index in [4.69, 9.17) is 10.5 Å². The fraction of sp³-hybridized carbons (Fsp3) is 0.312. The molecule has 20 heavy (non-hydrogen) atoms. The number of benzene rings is 1. The monoisotopic (exact) mass is 289 g/mol. The molecule has 0 aliphatic rings. The van der Waals surface area contributed by atoms with E-state index in [1.165, 1.54) is 16.9 Å². The Morgan fingerprint density at radius 1 is 1.15 bits per heavy atom. The molecule has 3 nitrogen and oxygen atoms in total. The van der Waals surface area contributed by atoms with Crippen molar-refractivity contribution in [3.05, 3.63) is 50.2 Å². The van der Waals surface area contributed by atoms with Gasteiger partial charge < -0.3 is 10.5 Å². The van der Waals surface area contributed by atoms with Gasteiger partial charge >= 0.3 is 5.97 Å². The van der Waals surface area contributed by atoms with Crippen molar-refractivity contribution >= 4 is 23.0 Å². The highest BCUT2D eigenvalue weighted by molar-refractivity contribution is 7.14. The lowest BCUT2D eigenvalue weighted by Gasteiger charge is -2.11. The smallest absolute Gasteiger partial charge is 0.348 e. The van der Waals surface area contributed by atoms with Crippen LogP contribution in [0.25, 0.3) is 0 Å². The average Bonchev–Trinajstić information content (AvgIpc) is 2.68. The Morgan fingerprint density at radius 3 is 2.25 bits per heavy atom. The summed E-state index contributed by atoms with van der Waals surface area (Å²) in [5.41, 5.74) is 11.0. The molecule has 0 spiro atoms. The predicted molar refractivity (Wildman–Crippen MR) is 83.2 cm³/mol. The first-order valence-electron chi connectivity index (χ1n) is 6.48. The molecule has 0 radical (unpaired) electrons. The number of hydrogen-bond donors (Lipinski definition) is 1. The minimum atomic E-state index is -0.311. The van der Waals surface area contributed by atoms with Gasteiger partial charge in [-0.2, -0.15) is 0 Å². The van der Waals surface area contributed by atoms with E-state index in [-0.39, 0.29) is 5.97 Å². The third-order valence-electron chi connectivity index (χ3n) is 3.35. The molecule has 0 aliphatic carbocycles. The van der Waals surface area contributed by atoms with Crippen molar-refractivity contribution in [1.82, 2.24) is 0 Å². The lowest BCUT2D eigenvalue weighted by molar-refractivity contribution is 0.0477. The van der Waals surface area contributed by atoms with Crippen molar-refractivity contribution in [1.29, 1.82) is 0 Å². The van der Waals surface area contributed by atoms with Gasteiger partial charge in [0.2, 0.25) is 0 Å². The first kappa shape index (κ1) is 14.6. The van der Waals surface area contributed by atoms with E-state index in [1.54, 1.807) is 6.07 Å². The van der Waals surface area contributed by atoms with Gasteiger partial charge in [-0.1, -0.05) is 17.7 Å². The lowest BCUT2D eigenvalue weighted by atomic mass is 10.0. The summed E-state index contributed by atoms with van der Waals surface area (Å²) in [5.74, 6) is -0.311. The zero-order chi connectivity index (χ0) is 14.9. The molecule has 2 N–H and O–H groups in total. The maximum absolute atomic E-state index is 12.0. The Morgan fingerprint density at radius 2 is 1.75 bits per heavy atom. The summed E-state index contributed by atoms with van der Waals surface area (Å²) >= 11 is 1.37. The first-order valence-corrected chi connectivity index (χ1v) is 7.30. The number of carbonyl (C=O) groups excluding carboxylic acids is 1. The fourth-order valence-corrected chi connectivity index (χ4v) is 3.08. The molecule has 0 bridgehead atoms. The topological polar surface area (TPSA) is 52.3 Å². The standard InChI is InChI=1S/C16H19NO2S/c1-9-5-10(2)13(11(3)6-9)8-19-16(18)15-7-14(17)12(4)20-15/h5-7H,8,17H2,1-4H3. The molecular formula is C16H19NO2S. The number of nitrogens with two attached hydrogens (primary N) is 1. The summed E-state index contributed by atoms with van der Waals surface area (Å²) in [6.07, 6.45) is 0. The molecule has 0 saturated carbocycles. The average molecular weight is 289 g/mol. The summed E-state index contributed by atoms with van der Waals surface area (Å²) < 4.78 is 5.40. The maximum atomic E-state index is 12.0. The van der Waals surface area contributed by atoms with Crippen LogP contribution in [-0.4, -0.2) is 5.97 Å². The van der Waals surface area contributed by atoms with Crippen LogP contribution in [0.5, 0.6) is 0 Å².